The van der Waals surface area contributed by atoms with Crippen LogP contribution >= 0.6 is 63.7 Å². The Morgan fingerprint density at radius 2 is 1.02 bits per heavy atom. The van der Waals surface area contributed by atoms with Gasteiger partial charge in [-0.15, -0.1) is 0 Å². The van der Waals surface area contributed by atoms with E-state index in [2.05, 4.69) is 88.0 Å². The Morgan fingerprint density at radius 3 is 1.50 bits per heavy atom. The van der Waals surface area contributed by atoms with Gasteiger partial charge in [-0.05, 0) is 115 Å². The van der Waals surface area contributed by atoms with Crippen LogP contribution in [0.3, 0.4) is 0 Å². The van der Waals surface area contributed by atoms with Crippen molar-refractivity contribution in [3.63, 3.8) is 0 Å². The molecule has 0 bridgehead atoms. The Balaban J connectivity index is 1.78. The lowest BCUT2D eigenvalue weighted by molar-refractivity contribution is 0.0602. The predicted molar refractivity (Wildman–Crippen MR) is 230 cm³/mol. The number of halogens is 4. The number of carbonyl (C=O) groups excluding carboxylic acids is 1. The van der Waals surface area contributed by atoms with Gasteiger partial charge in [0.05, 0.1) is 21.6 Å². The standard InChI is InChI=1S/C45H26Br4O5/c1-53-45(52)38-35(27-20-12-5-13-21-27)33(25-16-8-3-9-17-25)32(24-14-6-2-7-15-24)34(26-18-10-4-11-19-26)37(38)36-28-22-30(46)41(50)39(48)43(28)54-44-29(36)23-31(47)42(51)40(44)49/h2-23,50H,1H3. The second kappa shape index (κ2) is 14.8. The van der Waals surface area contributed by atoms with Crippen LogP contribution in [0.5, 0.6) is 5.75 Å². The van der Waals surface area contributed by atoms with E-state index < -0.39 is 5.97 Å². The molecule has 9 heteroatoms. The summed E-state index contributed by atoms with van der Waals surface area (Å²) in [5, 5.41) is 11.7. The normalized spacial score (nSPS) is 11.3. The lowest BCUT2D eigenvalue weighted by Crippen LogP contribution is -2.12. The van der Waals surface area contributed by atoms with Gasteiger partial charge < -0.3 is 14.3 Å². The van der Waals surface area contributed by atoms with E-state index in [9.17, 15) is 14.7 Å². The maximum atomic E-state index is 14.9. The molecule has 5 nitrogen and oxygen atoms in total. The molecule has 0 saturated carbocycles. The lowest BCUT2D eigenvalue weighted by Gasteiger charge is -2.29. The minimum atomic E-state index is -0.560. The maximum absolute atomic E-state index is 14.9. The quantitative estimate of drug-likeness (QED) is 0.133. The number of hydrogen-bond acceptors (Lipinski definition) is 5. The monoisotopic (exact) mass is 962 g/mol. The number of phenols is 1. The van der Waals surface area contributed by atoms with Gasteiger partial charge >= 0.3 is 5.97 Å². The van der Waals surface area contributed by atoms with Crippen LogP contribution in [0.4, 0.5) is 0 Å². The van der Waals surface area contributed by atoms with Crippen molar-refractivity contribution in [1.82, 2.24) is 0 Å². The summed E-state index contributed by atoms with van der Waals surface area (Å²) in [7, 11) is 1.38. The molecule has 54 heavy (non-hydrogen) atoms. The number of phenolic OH excluding ortho intramolecular Hbond substituents is 1. The highest BCUT2D eigenvalue weighted by Crippen LogP contribution is 2.57. The zero-order valence-corrected chi connectivity index (χ0v) is 34.6. The Bertz CT molecular complexity index is 2770. The van der Waals surface area contributed by atoms with Crippen LogP contribution in [0.15, 0.2) is 161 Å². The Labute approximate surface area is 344 Å². The zero-order chi connectivity index (χ0) is 37.7. The minimum absolute atomic E-state index is 0.0852. The van der Waals surface area contributed by atoms with Gasteiger partial charge in [-0.1, -0.05) is 121 Å². The average Bonchev–Trinajstić information content (AvgIpc) is 3.21. The van der Waals surface area contributed by atoms with Crippen molar-refractivity contribution in [2.45, 2.75) is 0 Å². The molecule has 0 fully saturated rings. The fourth-order valence-corrected chi connectivity index (χ4v) is 9.55. The molecule has 0 amide bonds. The molecule has 0 radical (unpaired) electrons. The number of hydrogen-bond donors (Lipinski definition) is 1. The summed E-state index contributed by atoms with van der Waals surface area (Å²) in [5.41, 5.74) is 8.55. The highest BCUT2D eigenvalue weighted by molar-refractivity contribution is 9.11. The minimum Gasteiger partial charge on any atom is -0.505 e. The molecule has 6 aromatic rings. The van der Waals surface area contributed by atoms with E-state index in [0.717, 1.165) is 38.9 Å². The number of carbonyl (C=O) groups is 1. The van der Waals surface area contributed by atoms with Gasteiger partial charge in [0.15, 0.2) is 11.3 Å². The molecule has 8 rings (SSSR count). The third kappa shape index (κ3) is 6.04. The number of esters is 1. The first-order valence-electron chi connectivity index (χ1n) is 16.7. The molecule has 6 aromatic carbocycles. The zero-order valence-electron chi connectivity index (χ0n) is 28.3. The van der Waals surface area contributed by atoms with Crippen molar-refractivity contribution in [3.8, 4) is 72.7 Å². The van der Waals surface area contributed by atoms with Gasteiger partial charge in [0, 0.05) is 27.6 Å². The van der Waals surface area contributed by atoms with Gasteiger partial charge in [-0.25, -0.2) is 4.79 Å². The third-order valence-corrected chi connectivity index (χ3v) is 12.1. The van der Waals surface area contributed by atoms with Crippen LogP contribution in [0, 0.1) is 0 Å². The summed E-state index contributed by atoms with van der Waals surface area (Å²) < 4.78 is 13.4. The van der Waals surface area contributed by atoms with Crippen molar-refractivity contribution in [3.05, 3.63) is 167 Å². The van der Waals surface area contributed by atoms with E-state index in [1.54, 1.807) is 12.1 Å². The summed E-state index contributed by atoms with van der Waals surface area (Å²) in [6.45, 7) is 0. The number of fused-ring (bicyclic) bond motifs is 2. The van der Waals surface area contributed by atoms with E-state index in [4.69, 9.17) is 9.15 Å². The third-order valence-electron chi connectivity index (χ3n) is 9.41. The highest BCUT2D eigenvalue weighted by Gasteiger charge is 2.35. The summed E-state index contributed by atoms with van der Waals surface area (Å²) in [5.74, 6) is -0.411. The number of benzene rings is 7. The average molecular weight is 966 g/mol. The molecule has 2 aliphatic rings. The topological polar surface area (TPSA) is 76.7 Å². The fraction of sp³-hybridized carbons (Fsp3) is 0.0222. The van der Waals surface area contributed by atoms with Crippen molar-refractivity contribution in [2.75, 3.05) is 7.11 Å². The molecular weight excluding hydrogens is 940 g/mol. The number of ether oxygens (including phenoxy) is 1. The van der Waals surface area contributed by atoms with Gasteiger partial charge in [-0.3, -0.25) is 4.79 Å². The molecule has 0 saturated heterocycles. The molecule has 0 spiro atoms. The Morgan fingerprint density at radius 1 is 0.574 bits per heavy atom. The van der Waals surface area contributed by atoms with Crippen LogP contribution in [-0.4, -0.2) is 18.2 Å². The van der Waals surface area contributed by atoms with E-state index >= 15 is 0 Å². The van der Waals surface area contributed by atoms with Gasteiger partial charge in [0.2, 0.25) is 5.43 Å². The van der Waals surface area contributed by atoms with Crippen molar-refractivity contribution >= 4 is 80.7 Å². The van der Waals surface area contributed by atoms with Crippen LogP contribution in [0.2, 0.25) is 0 Å². The lowest BCUT2D eigenvalue weighted by atomic mass is 9.74. The smallest absolute Gasteiger partial charge is 0.339 e. The molecule has 1 heterocycles. The van der Waals surface area contributed by atoms with Crippen LogP contribution in [0.25, 0.3) is 77.9 Å². The van der Waals surface area contributed by atoms with Crippen LogP contribution < -0.4 is 5.43 Å². The number of rotatable bonds is 6. The molecular formula is C45H26Br4O5. The van der Waals surface area contributed by atoms with Crippen molar-refractivity contribution in [2.24, 2.45) is 0 Å². The van der Waals surface area contributed by atoms with Gasteiger partial charge in [-0.2, -0.15) is 0 Å². The summed E-state index contributed by atoms with van der Waals surface area (Å²) >= 11 is 14.2. The van der Waals surface area contributed by atoms with Crippen molar-refractivity contribution in [1.29, 1.82) is 0 Å². The fourth-order valence-electron chi connectivity index (χ4n) is 7.14. The summed E-state index contributed by atoms with van der Waals surface area (Å²) in [4.78, 5) is 28.4. The molecule has 264 valence electrons. The summed E-state index contributed by atoms with van der Waals surface area (Å²) in [6, 6.07) is 43.5. The molecule has 0 unspecified atom stereocenters. The van der Waals surface area contributed by atoms with Gasteiger partial charge in [0.1, 0.15) is 14.7 Å². The SMILES string of the molecule is COC(=O)c1c(-c2ccccc2)c(-c2ccccc2)c(-c2ccccc2)c(-c2ccccc2)c1-c1c2cc(Br)c(=O)c(Br)c-2oc2c(Br)c(O)c(Br)cc12. The van der Waals surface area contributed by atoms with E-state index in [0.29, 0.717) is 42.1 Å². The molecule has 1 N–H and O–H groups in total. The highest BCUT2D eigenvalue weighted by atomic mass is 79.9. The van der Waals surface area contributed by atoms with Crippen LogP contribution in [-0.2, 0) is 4.74 Å². The van der Waals surface area contributed by atoms with Crippen LogP contribution in [0.1, 0.15) is 10.4 Å². The molecule has 1 aliphatic carbocycles. The number of aromatic hydroxyl groups is 1. The van der Waals surface area contributed by atoms with E-state index in [1.807, 2.05) is 97.1 Å². The Hall–Kier alpha value is -4.80. The first-order chi connectivity index (χ1) is 26.2. The first-order valence-corrected chi connectivity index (χ1v) is 19.9. The molecule has 0 aromatic heterocycles. The van der Waals surface area contributed by atoms with Crippen molar-refractivity contribution < 1.29 is 19.1 Å². The Kier molecular flexibility index (Phi) is 9.91. The predicted octanol–water partition coefficient (Wildman–Crippen LogP) is 13.8. The summed E-state index contributed by atoms with van der Waals surface area (Å²) in [6.07, 6.45) is 0. The van der Waals surface area contributed by atoms with Gasteiger partial charge in [0.25, 0.3) is 0 Å². The van der Waals surface area contributed by atoms with E-state index in [1.165, 1.54) is 7.11 Å². The van der Waals surface area contributed by atoms with E-state index in [-0.39, 0.29) is 31.5 Å². The second-order valence-corrected chi connectivity index (χ2v) is 15.8. The maximum Gasteiger partial charge on any atom is 0.339 e. The first kappa shape index (κ1) is 36.2. The largest absolute Gasteiger partial charge is 0.505 e. The molecule has 1 aliphatic heterocycles. The second-order valence-electron chi connectivity index (χ2n) is 12.5. The number of methoxy groups -OCH3 is 1. The molecule has 0 atom stereocenters.